The molecule has 30 heavy (non-hydrogen) atoms. The molecule has 0 bridgehead atoms. The van der Waals surface area contributed by atoms with Gasteiger partial charge in [-0.3, -0.25) is 10.1 Å². The molecule has 2 rings (SSSR count). The number of rotatable bonds is 6. The van der Waals surface area contributed by atoms with Crippen molar-refractivity contribution < 1.29 is 4.79 Å². The summed E-state index contributed by atoms with van der Waals surface area (Å²) < 4.78 is 0. The van der Waals surface area contributed by atoms with Gasteiger partial charge in [-0.05, 0) is 31.8 Å². The van der Waals surface area contributed by atoms with Crippen molar-refractivity contribution in [2.45, 2.75) is 102 Å². The predicted molar refractivity (Wildman–Crippen MR) is 129 cm³/mol. The molecule has 2 fully saturated rings. The Labute approximate surface area is 183 Å². The van der Waals surface area contributed by atoms with Gasteiger partial charge in [-0.1, -0.05) is 102 Å². The first kappa shape index (κ1) is 24.2. The molecule has 2 N–H and O–H groups in total. The van der Waals surface area contributed by atoms with Crippen molar-refractivity contribution in [1.29, 1.82) is 0 Å². The van der Waals surface area contributed by atoms with E-state index in [0.29, 0.717) is 17.6 Å². The summed E-state index contributed by atoms with van der Waals surface area (Å²) in [7, 11) is 0. The number of carbonyl (C=O) groups excluding carboxylic acids is 1. The highest BCUT2D eigenvalue weighted by atomic mass is 16.1. The molecule has 2 aliphatic rings. The molecular weight excluding hydrogens is 370 g/mol. The van der Waals surface area contributed by atoms with Gasteiger partial charge in [0, 0.05) is 11.6 Å². The zero-order chi connectivity index (χ0) is 21.4. The van der Waals surface area contributed by atoms with E-state index in [1.54, 1.807) is 30.4 Å². The van der Waals surface area contributed by atoms with Crippen molar-refractivity contribution >= 4 is 11.9 Å². The van der Waals surface area contributed by atoms with Crippen LogP contribution in [0.5, 0.6) is 0 Å². The van der Waals surface area contributed by atoms with E-state index in [-0.39, 0.29) is 11.9 Å². The van der Waals surface area contributed by atoms with Crippen molar-refractivity contribution in [3.8, 4) is 0 Å². The summed E-state index contributed by atoms with van der Waals surface area (Å²) in [4.78, 5) is 18.0. The second-order valence-electron chi connectivity index (χ2n) is 8.57. The highest BCUT2D eigenvalue weighted by molar-refractivity contribution is 6.07. The summed E-state index contributed by atoms with van der Waals surface area (Å²) in [6, 6.07) is 0.672. The Kier molecular flexibility index (Phi) is 11.9. The van der Waals surface area contributed by atoms with E-state index in [1.165, 1.54) is 64.2 Å². The maximum atomic E-state index is 12.9. The maximum Gasteiger partial charge on any atom is 0.257 e. The van der Waals surface area contributed by atoms with Gasteiger partial charge >= 0.3 is 0 Å². The van der Waals surface area contributed by atoms with Crippen LogP contribution >= 0.6 is 0 Å². The van der Waals surface area contributed by atoms with Crippen LogP contribution in [-0.4, -0.2) is 24.0 Å². The van der Waals surface area contributed by atoms with E-state index in [4.69, 9.17) is 4.99 Å². The number of nitrogens with zero attached hydrogens (tertiary/aromatic N) is 1. The number of carbonyl (C=O) groups is 1. The number of aliphatic imine (C=N–C) groups is 1. The topological polar surface area (TPSA) is 53.5 Å². The summed E-state index contributed by atoms with van der Waals surface area (Å²) in [5, 5.41) is 6.69. The fourth-order valence-electron chi connectivity index (χ4n) is 4.33. The Morgan fingerprint density at radius 2 is 1.37 bits per heavy atom. The minimum absolute atomic E-state index is 0.157. The Bertz CT molecular complexity index is 616. The van der Waals surface area contributed by atoms with E-state index < -0.39 is 0 Å². The highest BCUT2D eigenvalue weighted by Crippen LogP contribution is 2.20. The molecule has 0 atom stereocenters. The van der Waals surface area contributed by atoms with Crippen LogP contribution < -0.4 is 10.6 Å². The first-order valence-corrected chi connectivity index (χ1v) is 12.0. The fraction of sp³-hybridized carbons (Fsp3) is 0.615. The van der Waals surface area contributed by atoms with Crippen molar-refractivity contribution in [3.05, 3.63) is 49.1 Å². The standard InChI is InChI=1S/C26H41N3O/c1-3-5-17-22(16-4-2)25(30)29-26(27-23-18-12-8-6-9-13-19-23)28-24-20-14-10-7-11-15-21-24/h3-5,16-17,23-24H,1-2,6-15,18-21H2,(H2,27,28,29,30)/b17-5-,22-16+. The molecule has 4 heteroatoms. The summed E-state index contributed by atoms with van der Waals surface area (Å²) >= 11 is 0. The molecule has 0 aromatic heterocycles. The number of hydrogen-bond acceptors (Lipinski definition) is 2. The van der Waals surface area contributed by atoms with Crippen LogP contribution in [0.15, 0.2) is 54.1 Å². The van der Waals surface area contributed by atoms with E-state index in [9.17, 15) is 4.79 Å². The first-order valence-electron chi connectivity index (χ1n) is 12.0. The monoisotopic (exact) mass is 411 g/mol. The van der Waals surface area contributed by atoms with E-state index in [0.717, 1.165) is 25.7 Å². The average Bonchev–Trinajstić information content (AvgIpc) is 2.68. The van der Waals surface area contributed by atoms with Crippen LogP contribution in [0.1, 0.15) is 89.9 Å². The zero-order valence-electron chi connectivity index (χ0n) is 18.7. The molecule has 166 valence electrons. The molecule has 0 radical (unpaired) electrons. The van der Waals surface area contributed by atoms with Gasteiger partial charge in [-0.15, -0.1) is 0 Å². The largest absolute Gasteiger partial charge is 0.353 e. The SMILES string of the molecule is C=C/C=C\C(=C/C=C)C(=O)NC(=NC1CCCCCCC1)NC1CCCCCCC1. The quantitative estimate of drug-likeness (QED) is 0.239. The second kappa shape index (κ2) is 14.8. The van der Waals surface area contributed by atoms with Gasteiger partial charge in [0.2, 0.25) is 0 Å². The van der Waals surface area contributed by atoms with Crippen molar-refractivity contribution in [1.82, 2.24) is 10.6 Å². The lowest BCUT2D eigenvalue weighted by atomic mass is 9.96. The molecule has 0 unspecified atom stereocenters. The molecule has 1 amide bonds. The minimum Gasteiger partial charge on any atom is -0.353 e. The molecule has 0 spiro atoms. The lowest BCUT2D eigenvalue weighted by Gasteiger charge is -2.25. The fourth-order valence-corrected chi connectivity index (χ4v) is 4.33. The smallest absolute Gasteiger partial charge is 0.257 e. The summed E-state index contributed by atoms with van der Waals surface area (Å²) in [6.45, 7) is 7.43. The molecule has 0 aliphatic heterocycles. The molecule has 0 heterocycles. The highest BCUT2D eigenvalue weighted by Gasteiger charge is 2.18. The van der Waals surface area contributed by atoms with Crippen molar-refractivity contribution in [2.24, 2.45) is 4.99 Å². The first-order chi connectivity index (χ1) is 14.7. The van der Waals surface area contributed by atoms with E-state index in [1.807, 2.05) is 0 Å². The van der Waals surface area contributed by atoms with Crippen LogP contribution in [0.4, 0.5) is 0 Å². The maximum absolute atomic E-state index is 12.9. The molecule has 2 aliphatic carbocycles. The van der Waals surface area contributed by atoms with Gasteiger partial charge in [-0.2, -0.15) is 0 Å². The predicted octanol–water partition coefficient (Wildman–Crippen LogP) is 6.13. The number of guanidine groups is 1. The van der Waals surface area contributed by atoms with Crippen LogP contribution in [0.3, 0.4) is 0 Å². The Balaban J connectivity index is 2.15. The van der Waals surface area contributed by atoms with Gasteiger partial charge < -0.3 is 5.32 Å². The molecular formula is C26H41N3O. The summed E-state index contributed by atoms with van der Waals surface area (Å²) in [5.41, 5.74) is 0.551. The Hall–Kier alpha value is -2.10. The summed E-state index contributed by atoms with van der Waals surface area (Å²) in [5.74, 6) is 0.494. The molecule has 4 nitrogen and oxygen atoms in total. The lowest BCUT2D eigenvalue weighted by molar-refractivity contribution is -0.115. The number of allylic oxidation sites excluding steroid dienone is 4. The Morgan fingerprint density at radius 1 is 0.800 bits per heavy atom. The summed E-state index contributed by atoms with van der Waals surface area (Å²) in [6.07, 6.45) is 25.9. The van der Waals surface area contributed by atoms with Gasteiger partial charge in [0.05, 0.1) is 6.04 Å². The van der Waals surface area contributed by atoms with Gasteiger partial charge in [0.15, 0.2) is 5.96 Å². The van der Waals surface area contributed by atoms with Crippen LogP contribution in [0.25, 0.3) is 0 Å². The van der Waals surface area contributed by atoms with Crippen LogP contribution in [0, 0.1) is 0 Å². The van der Waals surface area contributed by atoms with Crippen LogP contribution in [0.2, 0.25) is 0 Å². The lowest BCUT2D eigenvalue weighted by Crippen LogP contribution is -2.47. The number of hydrogen-bond donors (Lipinski definition) is 2. The third-order valence-corrected chi connectivity index (χ3v) is 6.04. The third-order valence-electron chi connectivity index (χ3n) is 6.04. The van der Waals surface area contributed by atoms with Gasteiger partial charge in [-0.25, -0.2) is 4.99 Å². The normalized spacial score (nSPS) is 21.2. The molecule has 2 saturated carbocycles. The number of nitrogens with one attached hydrogen (secondary N) is 2. The molecule has 0 saturated heterocycles. The molecule has 0 aromatic carbocycles. The van der Waals surface area contributed by atoms with E-state index >= 15 is 0 Å². The van der Waals surface area contributed by atoms with Gasteiger partial charge in [0.1, 0.15) is 0 Å². The second-order valence-corrected chi connectivity index (χ2v) is 8.57. The average molecular weight is 412 g/mol. The zero-order valence-corrected chi connectivity index (χ0v) is 18.7. The van der Waals surface area contributed by atoms with Crippen molar-refractivity contribution in [3.63, 3.8) is 0 Å². The van der Waals surface area contributed by atoms with Crippen LogP contribution in [-0.2, 0) is 4.79 Å². The minimum atomic E-state index is -0.157. The van der Waals surface area contributed by atoms with Gasteiger partial charge in [0.25, 0.3) is 5.91 Å². The van der Waals surface area contributed by atoms with Crippen molar-refractivity contribution in [2.75, 3.05) is 0 Å². The van der Waals surface area contributed by atoms with E-state index in [2.05, 4.69) is 23.8 Å². The number of amides is 1. The third kappa shape index (κ3) is 9.60. The Morgan fingerprint density at radius 3 is 1.93 bits per heavy atom. The molecule has 0 aromatic rings.